The van der Waals surface area contributed by atoms with Crippen molar-refractivity contribution in [3.8, 4) is 0 Å². The smallest absolute Gasteiger partial charge is 0.319 e. The highest BCUT2D eigenvalue weighted by atomic mass is 35.5. The number of carbonyl (C=O) groups excluding carboxylic acids is 4. The maximum Gasteiger partial charge on any atom is 0.319 e. The number of anilines is 1. The SMILES string of the molecule is Cc1c(Cl)cccc1NC(=O)NCc1ccc2c(c1)CN(C1CCCC(=O)NC1=O)C2=O. The molecule has 0 saturated carbocycles. The average Bonchev–Trinajstić information content (AvgIpc) is 2.97. The molecular weight excluding hydrogens is 432 g/mol. The van der Waals surface area contributed by atoms with E-state index in [1.54, 1.807) is 30.3 Å². The van der Waals surface area contributed by atoms with Crippen molar-refractivity contribution in [3.05, 3.63) is 63.7 Å². The Morgan fingerprint density at radius 2 is 2.03 bits per heavy atom. The molecule has 1 fully saturated rings. The van der Waals surface area contributed by atoms with Crippen molar-refractivity contribution in [1.82, 2.24) is 15.5 Å². The summed E-state index contributed by atoms with van der Waals surface area (Å²) < 4.78 is 0. The number of hydrogen-bond donors (Lipinski definition) is 3. The number of imide groups is 1. The number of benzene rings is 2. The van der Waals surface area contributed by atoms with E-state index in [9.17, 15) is 19.2 Å². The van der Waals surface area contributed by atoms with Crippen LogP contribution in [0.1, 0.15) is 46.3 Å². The number of carbonyl (C=O) groups is 4. The number of fused-ring (bicyclic) bond motifs is 1. The molecule has 1 atom stereocenters. The summed E-state index contributed by atoms with van der Waals surface area (Å²) in [5.41, 5.74) is 3.58. The van der Waals surface area contributed by atoms with Gasteiger partial charge in [-0.1, -0.05) is 29.8 Å². The highest BCUT2D eigenvalue weighted by Crippen LogP contribution is 2.28. The van der Waals surface area contributed by atoms with Crippen LogP contribution < -0.4 is 16.0 Å². The normalized spacial score (nSPS) is 18.1. The number of nitrogens with one attached hydrogen (secondary N) is 3. The van der Waals surface area contributed by atoms with E-state index in [0.29, 0.717) is 35.7 Å². The zero-order chi connectivity index (χ0) is 22.8. The third kappa shape index (κ3) is 4.45. The summed E-state index contributed by atoms with van der Waals surface area (Å²) in [5.74, 6) is -0.951. The lowest BCUT2D eigenvalue weighted by Gasteiger charge is -2.24. The summed E-state index contributed by atoms with van der Waals surface area (Å²) in [6, 6.07) is 9.62. The molecule has 8 nitrogen and oxygen atoms in total. The highest BCUT2D eigenvalue weighted by Gasteiger charge is 2.37. The molecule has 4 rings (SSSR count). The van der Waals surface area contributed by atoms with Gasteiger partial charge in [0.1, 0.15) is 6.04 Å². The minimum Gasteiger partial charge on any atom is -0.334 e. The van der Waals surface area contributed by atoms with Crippen molar-refractivity contribution in [2.75, 3.05) is 5.32 Å². The second-order valence-corrected chi connectivity index (χ2v) is 8.37. The first kappa shape index (κ1) is 21.8. The Hall–Kier alpha value is -3.39. The molecule has 0 spiro atoms. The van der Waals surface area contributed by atoms with Gasteiger partial charge in [-0.05, 0) is 54.7 Å². The molecule has 1 unspecified atom stereocenters. The van der Waals surface area contributed by atoms with E-state index in [2.05, 4.69) is 16.0 Å². The summed E-state index contributed by atoms with van der Waals surface area (Å²) in [6.45, 7) is 2.39. The summed E-state index contributed by atoms with van der Waals surface area (Å²) in [7, 11) is 0. The summed E-state index contributed by atoms with van der Waals surface area (Å²) >= 11 is 6.08. The predicted molar refractivity (Wildman–Crippen MR) is 119 cm³/mol. The highest BCUT2D eigenvalue weighted by molar-refractivity contribution is 6.31. The molecule has 3 N–H and O–H groups in total. The van der Waals surface area contributed by atoms with E-state index in [1.807, 2.05) is 13.0 Å². The molecule has 1 saturated heterocycles. The topological polar surface area (TPSA) is 108 Å². The Morgan fingerprint density at radius 1 is 1.22 bits per heavy atom. The first-order valence-electron chi connectivity index (χ1n) is 10.4. The van der Waals surface area contributed by atoms with Gasteiger partial charge in [0.05, 0.1) is 0 Å². The Morgan fingerprint density at radius 3 is 2.84 bits per heavy atom. The van der Waals surface area contributed by atoms with Gasteiger partial charge in [0.15, 0.2) is 0 Å². The molecule has 9 heteroatoms. The van der Waals surface area contributed by atoms with Crippen molar-refractivity contribution in [3.63, 3.8) is 0 Å². The van der Waals surface area contributed by atoms with Crippen LogP contribution in [0.3, 0.4) is 0 Å². The van der Waals surface area contributed by atoms with Gasteiger partial charge in [0.25, 0.3) is 5.91 Å². The molecule has 0 aromatic heterocycles. The molecule has 2 aliphatic heterocycles. The molecule has 2 aromatic rings. The van der Waals surface area contributed by atoms with Gasteiger partial charge in [-0.3, -0.25) is 19.7 Å². The van der Waals surface area contributed by atoms with Gasteiger partial charge in [0, 0.05) is 35.8 Å². The van der Waals surface area contributed by atoms with Gasteiger partial charge >= 0.3 is 6.03 Å². The van der Waals surface area contributed by atoms with Crippen LogP contribution in [0.15, 0.2) is 36.4 Å². The molecule has 2 heterocycles. The van der Waals surface area contributed by atoms with Crippen LogP contribution >= 0.6 is 11.6 Å². The Bertz CT molecular complexity index is 1120. The van der Waals surface area contributed by atoms with E-state index < -0.39 is 11.9 Å². The average molecular weight is 455 g/mol. The minimum absolute atomic E-state index is 0.219. The van der Waals surface area contributed by atoms with E-state index in [-0.39, 0.29) is 30.8 Å². The zero-order valence-electron chi connectivity index (χ0n) is 17.5. The second-order valence-electron chi connectivity index (χ2n) is 7.97. The molecule has 166 valence electrons. The van der Waals surface area contributed by atoms with Gasteiger partial charge in [0.2, 0.25) is 11.8 Å². The molecule has 0 radical (unpaired) electrons. The fourth-order valence-corrected chi connectivity index (χ4v) is 4.19. The van der Waals surface area contributed by atoms with Gasteiger partial charge in [-0.15, -0.1) is 0 Å². The van der Waals surface area contributed by atoms with Crippen molar-refractivity contribution in [2.45, 2.75) is 45.3 Å². The Kier molecular flexibility index (Phi) is 6.14. The van der Waals surface area contributed by atoms with E-state index in [4.69, 9.17) is 11.6 Å². The largest absolute Gasteiger partial charge is 0.334 e. The molecule has 5 amide bonds. The third-order valence-electron chi connectivity index (χ3n) is 5.79. The number of amides is 5. The lowest BCUT2D eigenvalue weighted by atomic mass is 10.1. The molecule has 0 aliphatic carbocycles. The fraction of sp³-hybridized carbons (Fsp3) is 0.304. The van der Waals surface area contributed by atoms with Crippen LogP contribution in [-0.4, -0.2) is 34.7 Å². The molecule has 2 aliphatic rings. The summed E-state index contributed by atoms with van der Waals surface area (Å²) in [4.78, 5) is 50.6. The molecule has 32 heavy (non-hydrogen) atoms. The van der Waals surface area contributed by atoms with Crippen molar-refractivity contribution in [1.29, 1.82) is 0 Å². The predicted octanol–water partition coefficient (Wildman–Crippen LogP) is 3.12. The van der Waals surface area contributed by atoms with Gasteiger partial charge in [-0.2, -0.15) is 0 Å². The first-order valence-corrected chi connectivity index (χ1v) is 10.8. The van der Waals surface area contributed by atoms with Crippen LogP contribution in [0.25, 0.3) is 0 Å². The van der Waals surface area contributed by atoms with Gasteiger partial charge < -0.3 is 15.5 Å². The Balaban J connectivity index is 1.40. The maximum absolute atomic E-state index is 12.8. The molecule has 2 aromatic carbocycles. The molecular formula is C23H23ClN4O4. The van der Waals surface area contributed by atoms with Crippen LogP contribution in [-0.2, 0) is 22.7 Å². The summed E-state index contributed by atoms with van der Waals surface area (Å²) in [6.07, 6.45) is 1.29. The fourth-order valence-electron chi connectivity index (χ4n) is 4.02. The third-order valence-corrected chi connectivity index (χ3v) is 6.20. The quantitative estimate of drug-likeness (QED) is 0.617. The van der Waals surface area contributed by atoms with E-state index in [1.165, 1.54) is 4.90 Å². The van der Waals surface area contributed by atoms with Crippen molar-refractivity contribution in [2.24, 2.45) is 0 Å². The summed E-state index contributed by atoms with van der Waals surface area (Å²) in [5, 5.41) is 8.50. The monoisotopic (exact) mass is 454 g/mol. The lowest BCUT2D eigenvalue weighted by molar-refractivity contribution is -0.132. The Labute approximate surface area is 190 Å². The molecule has 0 bridgehead atoms. The maximum atomic E-state index is 12.8. The van der Waals surface area contributed by atoms with Crippen molar-refractivity contribution >= 4 is 41.0 Å². The number of urea groups is 1. The first-order chi connectivity index (χ1) is 15.3. The standard InChI is InChI=1S/C23H23ClN4O4/c1-13-17(24)4-2-5-18(13)26-23(32)25-11-14-8-9-16-15(10-14)12-28(22(16)31)19-6-3-7-20(29)27-21(19)30/h2,4-5,8-10,19H,3,6-7,11-12H2,1H3,(H2,25,26,32)(H,27,29,30). The zero-order valence-corrected chi connectivity index (χ0v) is 18.3. The van der Waals surface area contributed by atoms with E-state index in [0.717, 1.165) is 16.7 Å². The van der Waals surface area contributed by atoms with Crippen LogP contribution in [0, 0.1) is 6.92 Å². The van der Waals surface area contributed by atoms with Crippen LogP contribution in [0.2, 0.25) is 5.02 Å². The second kappa shape index (κ2) is 9.00. The van der Waals surface area contributed by atoms with Crippen LogP contribution in [0.5, 0.6) is 0 Å². The van der Waals surface area contributed by atoms with Gasteiger partial charge in [-0.25, -0.2) is 4.79 Å². The number of halogens is 1. The van der Waals surface area contributed by atoms with E-state index >= 15 is 0 Å². The number of rotatable bonds is 4. The van der Waals surface area contributed by atoms with Crippen LogP contribution in [0.4, 0.5) is 10.5 Å². The lowest BCUT2D eigenvalue weighted by Crippen LogP contribution is -2.46. The minimum atomic E-state index is -0.658. The van der Waals surface area contributed by atoms with Crippen molar-refractivity contribution < 1.29 is 19.2 Å². The number of hydrogen-bond acceptors (Lipinski definition) is 4. The number of nitrogens with zero attached hydrogens (tertiary/aromatic N) is 1.